The van der Waals surface area contributed by atoms with Crippen LogP contribution in [0.1, 0.15) is 10.7 Å². The average molecular weight is 206 g/mol. The number of nitrogens with one attached hydrogen (secondary N) is 1. The lowest BCUT2D eigenvalue weighted by atomic mass is 10.3. The van der Waals surface area contributed by atoms with E-state index in [-0.39, 0.29) is 0 Å². The van der Waals surface area contributed by atoms with Crippen molar-refractivity contribution in [1.82, 2.24) is 15.2 Å². The largest absolute Gasteiger partial charge is 0.363 e. The van der Waals surface area contributed by atoms with Crippen LogP contribution < -0.4 is 5.32 Å². The van der Waals surface area contributed by atoms with Gasteiger partial charge in [-0.25, -0.2) is 0 Å². The minimum atomic E-state index is 0.750. The third-order valence-corrected chi connectivity index (χ3v) is 2.68. The Morgan fingerprint density at radius 2 is 2.29 bits per heavy atom. The molecule has 0 amide bonds. The van der Waals surface area contributed by atoms with Crippen LogP contribution in [0.2, 0.25) is 0 Å². The Labute approximate surface area is 86.0 Å². The summed E-state index contributed by atoms with van der Waals surface area (Å²) in [4.78, 5) is 4.23. The first-order valence-electron chi connectivity index (χ1n) is 4.28. The van der Waals surface area contributed by atoms with Crippen molar-refractivity contribution in [2.45, 2.75) is 6.42 Å². The summed E-state index contributed by atoms with van der Waals surface area (Å²) < 4.78 is 0. The van der Waals surface area contributed by atoms with E-state index in [4.69, 9.17) is 0 Å². The summed E-state index contributed by atoms with van der Waals surface area (Å²) in [6, 6.07) is 5.87. The minimum Gasteiger partial charge on any atom is -0.363 e. The molecule has 0 spiro atoms. The highest BCUT2D eigenvalue weighted by Gasteiger charge is 2.03. The van der Waals surface area contributed by atoms with Gasteiger partial charge in [0.1, 0.15) is 5.01 Å². The molecule has 2 aromatic heterocycles. The molecule has 0 saturated carbocycles. The SMILES string of the molecule is CNc1nnc(Cc2ccccn2)s1. The molecule has 0 aliphatic carbocycles. The quantitative estimate of drug-likeness (QED) is 0.828. The van der Waals surface area contributed by atoms with E-state index >= 15 is 0 Å². The highest BCUT2D eigenvalue weighted by atomic mass is 32.1. The number of hydrogen-bond acceptors (Lipinski definition) is 5. The Morgan fingerprint density at radius 3 is 2.93 bits per heavy atom. The van der Waals surface area contributed by atoms with Gasteiger partial charge in [0, 0.05) is 25.4 Å². The first kappa shape index (κ1) is 9.08. The first-order valence-corrected chi connectivity index (χ1v) is 5.10. The molecule has 0 atom stereocenters. The molecule has 0 unspecified atom stereocenters. The van der Waals surface area contributed by atoms with Crippen LogP contribution in [0.5, 0.6) is 0 Å². The van der Waals surface area contributed by atoms with Crippen LogP contribution in [-0.4, -0.2) is 22.2 Å². The third kappa shape index (κ3) is 2.05. The second-order valence-electron chi connectivity index (χ2n) is 2.75. The van der Waals surface area contributed by atoms with Crippen LogP contribution in [0.25, 0.3) is 0 Å². The summed E-state index contributed by atoms with van der Waals surface area (Å²) in [5.41, 5.74) is 1.02. The van der Waals surface area contributed by atoms with Crippen molar-refractivity contribution in [3.63, 3.8) is 0 Å². The van der Waals surface area contributed by atoms with Crippen LogP contribution in [0.15, 0.2) is 24.4 Å². The van der Waals surface area contributed by atoms with Crippen molar-refractivity contribution in [3.05, 3.63) is 35.1 Å². The van der Waals surface area contributed by atoms with Crippen LogP contribution >= 0.6 is 11.3 Å². The summed E-state index contributed by atoms with van der Waals surface area (Å²) in [7, 11) is 1.84. The van der Waals surface area contributed by atoms with E-state index in [9.17, 15) is 0 Å². The second-order valence-corrected chi connectivity index (χ2v) is 3.81. The van der Waals surface area contributed by atoms with Crippen molar-refractivity contribution >= 4 is 16.5 Å². The Kier molecular flexibility index (Phi) is 2.69. The highest BCUT2D eigenvalue weighted by Crippen LogP contribution is 2.16. The molecular formula is C9H10N4S. The van der Waals surface area contributed by atoms with Gasteiger partial charge < -0.3 is 5.32 Å². The van der Waals surface area contributed by atoms with Gasteiger partial charge in [-0.1, -0.05) is 17.4 Å². The maximum atomic E-state index is 4.23. The highest BCUT2D eigenvalue weighted by molar-refractivity contribution is 7.15. The maximum absolute atomic E-state index is 4.23. The van der Waals surface area contributed by atoms with Gasteiger partial charge in [-0.3, -0.25) is 4.98 Å². The van der Waals surface area contributed by atoms with Crippen molar-refractivity contribution in [2.24, 2.45) is 0 Å². The van der Waals surface area contributed by atoms with Crippen LogP contribution in [0, 0.1) is 0 Å². The number of aromatic nitrogens is 3. The summed E-state index contributed by atoms with van der Waals surface area (Å²) in [6.45, 7) is 0. The van der Waals surface area contributed by atoms with Gasteiger partial charge in [-0.2, -0.15) is 0 Å². The standard InChI is InChI=1S/C9H10N4S/c1-10-9-13-12-8(14-9)6-7-4-2-3-5-11-7/h2-5H,6H2,1H3,(H,10,13). The fourth-order valence-electron chi connectivity index (χ4n) is 1.08. The zero-order chi connectivity index (χ0) is 9.80. The van der Waals surface area contributed by atoms with Gasteiger partial charge in [-0.05, 0) is 12.1 Å². The van der Waals surface area contributed by atoms with E-state index in [0.29, 0.717) is 0 Å². The molecule has 0 aliphatic heterocycles. The zero-order valence-electron chi connectivity index (χ0n) is 7.77. The summed E-state index contributed by atoms with van der Waals surface area (Å²) in [5, 5.41) is 12.8. The summed E-state index contributed by atoms with van der Waals surface area (Å²) in [5.74, 6) is 0. The lowest BCUT2D eigenvalue weighted by Gasteiger charge is -1.93. The maximum Gasteiger partial charge on any atom is 0.205 e. The van der Waals surface area contributed by atoms with E-state index in [2.05, 4.69) is 20.5 Å². The molecule has 0 aromatic carbocycles. The molecule has 2 aromatic rings. The fourth-order valence-corrected chi connectivity index (χ4v) is 1.79. The van der Waals surface area contributed by atoms with Crippen molar-refractivity contribution in [2.75, 3.05) is 12.4 Å². The van der Waals surface area contributed by atoms with Crippen molar-refractivity contribution < 1.29 is 0 Å². The number of hydrogen-bond donors (Lipinski definition) is 1. The number of pyridine rings is 1. The summed E-state index contributed by atoms with van der Waals surface area (Å²) >= 11 is 1.55. The Hall–Kier alpha value is -1.49. The van der Waals surface area contributed by atoms with E-state index in [1.54, 1.807) is 17.5 Å². The van der Waals surface area contributed by atoms with E-state index in [1.165, 1.54) is 0 Å². The van der Waals surface area contributed by atoms with Crippen LogP contribution in [-0.2, 0) is 6.42 Å². The Morgan fingerprint density at radius 1 is 1.36 bits per heavy atom. The lowest BCUT2D eigenvalue weighted by Crippen LogP contribution is -1.89. The molecule has 72 valence electrons. The Balaban J connectivity index is 2.11. The monoisotopic (exact) mass is 206 g/mol. The molecule has 0 radical (unpaired) electrons. The van der Waals surface area contributed by atoms with Crippen LogP contribution in [0.4, 0.5) is 5.13 Å². The molecule has 2 rings (SSSR count). The van der Waals surface area contributed by atoms with Gasteiger partial charge in [0.25, 0.3) is 0 Å². The van der Waals surface area contributed by atoms with Crippen molar-refractivity contribution in [1.29, 1.82) is 0 Å². The number of anilines is 1. The molecular weight excluding hydrogens is 196 g/mol. The predicted molar refractivity (Wildman–Crippen MR) is 56.5 cm³/mol. The fraction of sp³-hybridized carbons (Fsp3) is 0.222. The van der Waals surface area contributed by atoms with Gasteiger partial charge in [0.2, 0.25) is 5.13 Å². The number of nitrogens with zero attached hydrogens (tertiary/aromatic N) is 3. The van der Waals surface area contributed by atoms with E-state index in [0.717, 1.165) is 22.3 Å². The second kappa shape index (κ2) is 4.15. The third-order valence-electron chi connectivity index (χ3n) is 1.74. The number of rotatable bonds is 3. The first-order chi connectivity index (χ1) is 6.88. The van der Waals surface area contributed by atoms with Crippen molar-refractivity contribution in [3.8, 4) is 0 Å². The molecule has 0 fully saturated rings. The lowest BCUT2D eigenvalue weighted by molar-refractivity contribution is 0.976. The van der Waals surface area contributed by atoms with Gasteiger partial charge in [0.15, 0.2) is 0 Å². The molecule has 1 N–H and O–H groups in total. The average Bonchev–Trinajstić information content (AvgIpc) is 2.67. The molecule has 0 saturated heterocycles. The molecule has 5 heteroatoms. The zero-order valence-corrected chi connectivity index (χ0v) is 8.58. The molecule has 4 nitrogen and oxygen atoms in total. The Bertz CT molecular complexity index is 398. The van der Waals surface area contributed by atoms with E-state index in [1.807, 2.05) is 25.2 Å². The normalized spacial score (nSPS) is 10.1. The van der Waals surface area contributed by atoms with Gasteiger partial charge in [0.05, 0.1) is 0 Å². The molecule has 0 bridgehead atoms. The van der Waals surface area contributed by atoms with Gasteiger partial charge >= 0.3 is 0 Å². The minimum absolute atomic E-state index is 0.750. The topological polar surface area (TPSA) is 50.7 Å². The van der Waals surface area contributed by atoms with Crippen LogP contribution in [0.3, 0.4) is 0 Å². The molecule has 2 heterocycles. The molecule has 0 aliphatic rings. The molecule has 14 heavy (non-hydrogen) atoms. The smallest absolute Gasteiger partial charge is 0.205 e. The van der Waals surface area contributed by atoms with E-state index < -0.39 is 0 Å². The summed E-state index contributed by atoms with van der Waals surface area (Å²) in [6.07, 6.45) is 2.54. The van der Waals surface area contributed by atoms with Gasteiger partial charge in [-0.15, -0.1) is 10.2 Å². The predicted octanol–water partition coefficient (Wildman–Crippen LogP) is 1.57.